The van der Waals surface area contributed by atoms with Crippen molar-refractivity contribution in [3.8, 4) is 0 Å². The van der Waals surface area contributed by atoms with Crippen LogP contribution in [0, 0.1) is 0 Å². The van der Waals surface area contributed by atoms with Crippen LogP contribution in [0.2, 0.25) is 0 Å². The van der Waals surface area contributed by atoms with Crippen LogP contribution in [0.1, 0.15) is 0 Å². The Morgan fingerprint density at radius 1 is 1.35 bits per heavy atom. The van der Waals surface area contributed by atoms with Crippen LogP contribution < -0.4 is 10.6 Å². The Balaban J connectivity index is 3.20. The van der Waals surface area contributed by atoms with E-state index in [-0.39, 0.29) is 37.0 Å². The summed E-state index contributed by atoms with van der Waals surface area (Å²) in [6.07, 6.45) is 1.05. The van der Waals surface area contributed by atoms with Crippen LogP contribution in [-0.2, 0) is 9.84 Å². The van der Waals surface area contributed by atoms with Gasteiger partial charge in [0.05, 0.1) is 13.2 Å². The fourth-order valence-corrected chi connectivity index (χ4v) is 3.65. The second-order valence-corrected chi connectivity index (χ2v) is 6.11. The van der Waals surface area contributed by atoms with Gasteiger partial charge in [0.1, 0.15) is 9.90 Å². The van der Waals surface area contributed by atoms with Gasteiger partial charge in [-0.05, 0) is 11.5 Å². The lowest BCUT2D eigenvalue weighted by Crippen LogP contribution is -2.30. The number of sulfone groups is 1. The Morgan fingerprint density at radius 3 is 2.29 bits per heavy atom. The number of nitrogens with two attached hydrogens (primary N) is 1. The van der Waals surface area contributed by atoms with Crippen LogP contribution in [0.25, 0.3) is 0 Å². The molecule has 0 spiro atoms. The minimum Gasteiger partial charge on any atom is -0.395 e. The van der Waals surface area contributed by atoms with Gasteiger partial charge in [-0.1, -0.05) is 0 Å². The molecule has 0 saturated carbocycles. The highest BCUT2D eigenvalue weighted by molar-refractivity contribution is 7.91. The molecule has 0 bridgehead atoms. The first kappa shape index (κ1) is 14.2. The van der Waals surface area contributed by atoms with Crippen molar-refractivity contribution in [3.63, 3.8) is 0 Å². The monoisotopic (exact) mass is 281 g/mol. The summed E-state index contributed by atoms with van der Waals surface area (Å²) in [7, 11) is -3.48. The number of anilines is 2. The highest BCUT2D eigenvalue weighted by Gasteiger charge is 2.24. The first-order valence-corrected chi connectivity index (χ1v) is 7.50. The SMILES string of the molecule is CS(=O)(=O)c1c(N)nsc1N(CCO)CCO. The van der Waals surface area contributed by atoms with Gasteiger partial charge in [-0.3, -0.25) is 0 Å². The first-order valence-electron chi connectivity index (χ1n) is 4.83. The van der Waals surface area contributed by atoms with Crippen molar-refractivity contribution in [1.29, 1.82) is 0 Å². The van der Waals surface area contributed by atoms with Gasteiger partial charge in [0.25, 0.3) is 0 Å². The van der Waals surface area contributed by atoms with Gasteiger partial charge in [0, 0.05) is 19.3 Å². The van der Waals surface area contributed by atoms with Gasteiger partial charge in [0.2, 0.25) is 0 Å². The van der Waals surface area contributed by atoms with E-state index in [4.69, 9.17) is 15.9 Å². The number of nitrogen functional groups attached to an aromatic ring is 1. The number of aliphatic hydroxyl groups excluding tert-OH is 2. The Labute approximate surface area is 104 Å². The molecule has 0 aliphatic carbocycles. The molecule has 0 radical (unpaired) electrons. The average Bonchev–Trinajstić information content (AvgIpc) is 2.59. The fraction of sp³-hybridized carbons (Fsp3) is 0.625. The van der Waals surface area contributed by atoms with Crippen LogP contribution in [0.5, 0.6) is 0 Å². The van der Waals surface area contributed by atoms with Crippen molar-refractivity contribution < 1.29 is 18.6 Å². The number of hydrogen-bond acceptors (Lipinski definition) is 8. The van der Waals surface area contributed by atoms with Gasteiger partial charge in [-0.25, -0.2) is 8.42 Å². The van der Waals surface area contributed by atoms with E-state index in [2.05, 4.69) is 4.37 Å². The predicted octanol–water partition coefficient (Wildman–Crippen LogP) is -1.08. The number of rotatable bonds is 6. The van der Waals surface area contributed by atoms with Gasteiger partial charge in [-0.15, -0.1) is 0 Å². The lowest BCUT2D eigenvalue weighted by molar-refractivity contribution is 0.281. The van der Waals surface area contributed by atoms with Crippen molar-refractivity contribution in [1.82, 2.24) is 4.37 Å². The molecule has 0 saturated heterocycles. The number of hydrogen-bond donors (Lipinski definition) is 3. The molecule has 1 aromatic heterocycles. The quantitative estimate of drug-likeness (QED) is 0.607. The third kappa shape index (κ3) is 3.28. The van der Waals surface area contributed by atoms with E-state index in [1.165, 1.54) is 0 Å². The Bertz CT molecular complexity index is 465. The van der Waals surface area contributed by atoms with Gasteiger partial charge >= 0.3 is 0 Å². The molecule has 9 heteroatoms. The zero-order chi connectivity index (χ0) is 13.1. The van der Waals surface area contributed by atoms with E-state index in [9.17, 15) is 8.42 Å². The standard InChI is InChI=1S/C8H15N3O4S2/c1-17(14,15)6-7(9)10-16-8(6)11(2-4-12)3-5-13/h12-13H,2-5H2,1H3,(H2,9,10). The molecule has 0 amide bonds. The molecule has 0 atom stereocenters. The molecule has 1 heterocycles. The molecule has 1 aromatic rings. The van der Waals surface area contributed by atoms with E-state index in [0.29, 0.717) is 5.00 Å². The van der Waals surface area contributed by atoms with Crippen LogP contribution in [0.3, 0.4) is 0 Å². The minimum absolute atomic E-state index is 0.0376. The van der Waals surface area contributed by atoms with Crippen molar-refractivity contribution in [3.05, 3.63) is 0 Å². The Hall–Kier alpha value is -0.900. The molecular weight excluding hydrogens is 266 g/mol. The maximum absolute atomic E-state index is 11.6. The second kappa shape index (κ2) is 5.63. The molecule has 4 N–H and O–H groups in total. The maximum atomic E-state index is 11.6. The van der Waals surface area contributed by atoms with Gasteiger partial charge in [-0.2, -0.15) is 4.37 Å². The van der Waals surface area contributed by atoms with E-state index < -0.39 is 9.84 Å². The van der Waals surface area contributed by atoms with Crippen LogP contribution in [0.4, 0.5) is 10.8 Å². The molecule has 0 aromatic carbocycles. The molecule has 0 fully saturated rings. The summed E-state index contributed by atoms with van der Waals surface area (Å²) in [4.78, 5) is 1.51. The summed E-state index contributed by atoms with van der Waals surface area (Å²) in [5, 5.41) is 18.2. The third-order valence-electron chi connectivity index (χ3n) is 2.06. The van der Waals surface area contributed by atoms with Crippen molar-refractivity contribution >= 4 is 32.2 Å². The second-order valence-electron chi connectivity index (χ2n) is 3.41. The summed E-state index contributed by atoms with van der Waals surface area (Å²) in [6.45, 7) is 0.122. The largest absolute Gasteiger partial charge is 0.395 e. The lowest BCUT2D eigenvalue weighted by Gasteiger charge is -2.21. The fourth-order valence-electron chi connectivity index (χ4n) is 1.39. The van der Waals surface area contributed by atoms with E-state index in [0.717, 1.165) is 17.8 Å². The topological polar surface area (TPSA) is 117 Å². The number of aliphatic hydroxyl groups is 2. The van der Waals surface area contributed by atoms with E-state index >= 15 is 0 Å². The molecular formula is C8H15N3O4S2. The summed E-state index contributed by atoms with van der Waals surface area (Å²) >= 11 is 0.941. The molecule has 17 heavy (non-hydrogen) atoms. The van der Waals surface area contributed by atoms with Crippen molar-refractivity contribution in [2.45, 2.75) is 4.90 Å². The van der Waals surface area contributed by atoms with Crippen LogP contribution in [-0.4, -0.2) is 55.6 Å². The number of nitrogens with zero attached hydrogens (tertiary/aromatic N) is 2. The highest BCUT2D eigenvalue weighted by Crippen LogP contribution is 2.34. The molecule has 0 aliphatic rings. The Morgan fingerprint density at radius 2 is 1.88 bits per heavy atom. The maximum Gasteiger partial charge on any atom is 0.182 e. The summed E-state index contributed by atoms with van der Waals surface area (Å²) in [6, 6.07) is 0. The molecule has 0 aliphatic heterocycles. The van der Waals surface area contributed by atoms with E-state index in [1.54, 1.807) is 4.90 Å². The molecule has 0 unspecified atom stereocenters. The molecule has 98 valence electrons. The summed E-state index contributed by atoms with van der Waals surface area (Å²) in [5.74, 6) is -0.0478. The third-order valence-corrected chi connectivity index (χ3v) is 4.25. The first-order chi connectivity index (χ1) is 7.91. The van der Waals surface area contributed by atoms with Gasteiger partial charge < -0.3 is 20.8 Å². The summed E-state index contributed by atoms with van der Waals surface area (Å²) in [5.41, 5.74) is 5.53. The van der Waals surface area contributed by atoms with Crippen LogP contribution >= 0.6 is 11.5 Å². The van der Waals surface area contributed by atoms with Gasteiger partial charge in [0.15, 0.2) is 15.7 Å². The van der Waals surface area contributed by atoms with Crippen molar-refractivity contribution in [2.75, 3.05) is 43.2 Å². The van der Waals surface area contributed by atoms with Crippen molar-refractivity contribution in [2.24, 2.45) is 0 Å². The lowest BCUT2D eigenvalue weighted by atomic mass is 10.4. The Kier molecular flexibility index (Phi) is 4.69. The highest BCUT2D eigenvalue weighted by atomic mass is 32.2. The zero-order valence-corrected chi connectivity index (χ0v) is 11.0. The molecule has 1 rings (SSSR count). The minimum atomic E-state index is -3.48. The van der Waals surface area contributed by atoms with Crippen LogP contribution in [0.15, 0.2) is 4.90 Å². The number of aromatic nitrogens is 1. The predicted molar refractivity (Wildman–Crippen MR) is 66.0 cm³/mol. The van der Waals surface area contributed by atoms with E-state index in [1.807, 2.05) is 0 Å². The summed E-state index contributed by atoms with van der Waals surface area (Å²) < 4.78 is 27.0. The average molecular weight is 281 g/mol. The molecule has 7 nitrogen and oxygen atoms in total. The normalized spacial score (nSPS) is 11.7. The zero-order valence-electron chi connectivity index (χ0n) is 9.33. The smallest absolute Gasteiger partial charge is 0.182 e.